The molecule has 5 nitrogen and oxygen atoms in total. The predicted molar refractivity (Wildman–Crippen MR) is 91.2 cm³/mol. The summed E-state index contributed by atoms with van der Waals surface area (Å²) in [4.78, 5) is 6.85. The molecule has 0 atom stereocenters. The zero-order chi connectivity index (χ0) is 14.8. The van der Waals surface area contributed by atoms with Crippen LogP contribution in [0.3, 0.4) is 0 Å². The minimum absolute atomic E-state index is 0.640. The second-order valence-electron chi connectivity index (χ2n) is 5.31. The number of piperidine rings is 1. The van der Waals surface area contributed by atoms with E-state index in [4.69, 9.17) is 5.73 Å². The van der Waals surface area contributed by atoms with Gasteiger partial charge in [0.1, 0.15) is 0 Å². The van der Waals surface area contributed by atoms with Crippen molar-refractivity contribution in [2.75, 3.05) is 24.5 Å². The fourth-order valence-electron chi connectivity index (χ4n) is 2.58. The van der Waals surface area contributed by atoms with Gasteiger partial charge in [0, 0.05) is 27.6 Å². The van der Waals surface area contributed by atoms with E-state index < -0.39 is 0 Å². The number of nitrogens with zero attached hydrogens (tertiary/aromatic N) is 3. The number of H-pyrrole nitrogens is 1. The Morgan fingerprint density at radius 2 is 1.86 bits per heavy atom. The molecule has 1 aromatic heterocycles. The number of hydrogen-bond acceptors (Lipinski definition) is 4. The molecular formula is C14H17Br2N5. The van der Waals surface area contributed by atoms with Crippen molar-refractivity contribution < 1.29 is 0 Å². The van der Waals surface area contributed by atoms with Crippen LogP contribution in [0.5, 0.6) is 0 Å². The summed E-state index contributed by atoms with van der Waals surface area (Å²) in [6.07, 6.45) is 2.23. The number of halogens is 2. The fourth-order valence-corrected chi connectivity index (χ4v) is 3.88. The van der Waals surface area contributed by atoms with Gasteiger partial charge in [-0.1, -0.05) is 31.9 Å². The lowest BCUT2D eigenvalue weighted by Gasteiger charge is -2.30. The maximum absolute atomic E-state index is 5.73. The Balaban J connectivity index is 1.77. The number of aromatic nitrogens is 3. The van der Waals surface area contributed by atoms with Gasteiger partial charge in [0.2, 0.25) is 5.95 Å². The van der Waals surface area contributed by atoms with Crippen LogP contribution in [0.1, 0.15) is 12.8 Å². The van der Waals surface area contributed by atoms with E-state index in [2.05, 4.69) is 51.9 Å². The van der Waals surface area contributed by atoms with Crippen molar-refractivity contribution in [3.05, 3.63) is 27.1 Å². The molecule has 2 heterocycles. The smallest absolute Gasteiger partial charge is 0.245 e. The largest absolute Gasteiger partial charge is 0.340 e. The van der Waals surface area contributed by atoms with Crippen LogP contribution in [0.2, 0.25) is 0 Å². The molecule has 3 rings (SSSR count). The lowest BCUT2D eigenvalue weighted by molar-refractivity contribution is 0.411. The number of nitrogens with two attached hydrogens (primary N) is 1. The molecule has 112 valence electrons. The summed E-state index contributed by atoms with van der Waals surface area (Å²) in [5, 5.41) is 7.38. The average Bonchev–Trinajstić information content (AvgIpc) is 2.96. The third-order valence-electron chi connectivity index (χ3n) is 3.84. The summed E-state index contributed by atoms with van der Waals surface area (Å²) < 4.78 is 2.02. The topological polar surface area (TPSA) is 70.8 Å². The van der Waals surface area contributed by atoms with Crippen LogP contribution >= 0.6 is 31.9 Å². The maximum atomic E-state index is 5.73. The first kappa shape index (κ1) is 15.0. The van der Waals surface area contributed by atoms with Gasteiger partial charge in [0.15, 0.2) is 5.82 Å². The highest BCUT2D eigenvalue weighted by Gasteiger charge is 2.21. The van der Waals surface area contributed by atoms with E-state index in [1.54, 1.807) is 0 Å². The molecule has 1 aliphatic rings. The number of hydrogen-bond donors (Lipinski definition) is 2. The molecule has 7 heteroatoms. The summed E-state index contributed by atoms with van der Waals surface area (Å²) >= 11 is 6.99. The van der Waals surface area contributed by atoms with Crippen molar-refractivity contribution in [1.82, 2.24) is 15.2 Å². The number of aromatic amines is 1. The molecule has 1 aliphatic heterocycles. The van der Waals surface area contributed by atoms with Crippen molar-refractivity contribution in [3.8, 4) is 11.4 Å². The first-order valence-electron chi connectivity index (χ1n) is 6.99. The van der Waals surface area contributed by atoms with Crippen LogP contribution < -0.4 is 10.6 Å². The van der Waals surface area contributed by atoms with Gasteiger partial charge in [0.05, 0.1) is 0 Å². The molecule has 1 saturated heterocycles. The van der Waals surface area contributed by atoms with Crippen molar-refractivity contribution in [1.29, 1.82) is 0 Å². The van der Waals surface area contributed by atoms with Crippen LogP contribution in [-0.2, 0) is 0 Å². The fraction of sp³-hybridized carbons (Fsp3) is 0.429. The van der Waals surface area contributed by atoms with Crippen molar-refractivity contribution in [2.45, 2.75) is 12.8 Å². The van der Waals surface area contributed by atoms with Crippen molar-refractivity contribution in [2.24, 2.45) is 11.7 Å². The average molecular weight is 415 g/mol. The quantitative estimate of drug-likeness (QED) is 0.808. The van der Waals surface area contributed by atoms with E-state index in [9.17, 15) is 0 Å². The SMILES string of the molecule is NCC1CCN(c2n[nH]c(-c3cc(Br)cc(Br)c3)n2)CC1. The normalized spacial score (nSPS) is 16.4. The van der Waals surface area contributed by atoms with Gasteiger partial charge in [-0.15, -0.1) is 5.10 Å². The number of anilines is 1. The molecule has 1 aromatic carbocycles. The van der Waals surface area contributed by atoms with Crippen LogP contribution in [0.25, 0.3) is 11.4 Å². The molecule has 0 amide bonds. The monoisotopic (exact) mass is 413 g/mol. The van der Waals surface area contributed by atoms with E-state index in [1.165, 1.54) is 0 Å². The van der Waals surface area contributed by atoms with E-state index in [0.717, 1.165) is 58.8 Å². The van der Waals surface area contributed by atoms with Crippen LogP contribution in [0, 0.1) is 5.92 Å². The number of benzene rings is 1. The minimum atomic E-state index is 0.640. The molecule has 0 bridgehead atoms. The van der Waals surface area contributed by atoms with Gasteiger partial charge in [0.25, 0.3) is 0 Å². The van der Waals surface area contributed by atoms with E-state index in [-0.39, 0.29) is 0 Å². The first-order chi connectivity index (χ1) is 10.2. The highest BCUT2D eigenvalue weighted by molar-refractivity contribution is 9.11. The Hall–Kier alpha value is -0.920. The van der Waals surface area contributed by atoms with E-state index in [0.29, 0.717) is 5.92 Å². The molecular weight excluding hydrogens is 398 g/mol. The Morgan fingerprint density at radius 3 is 2.48 bits per heavy atom. The molecule has 2 aromatic rings. The highest BCUT2D eigenvalue weighted by atomic mass is 79.9. The third-order valence-corrected chi connectivity index (χ3v) is 4.76. The van der Waals surface area contributed by atoms with Crippen LogP contribution in [0.4, 0.5) is 5.95 Å². The Labute approximate surface area is 140 Å². The molecule has 1 fully saturated rings. The Bertz CT molecular complexity index is 599. The first-order valence-corrected chi connectivity index (χ1v) is 8.58. The summed E-state index contributed by atoms with van der Waals surface area (Å²) in [6, 6.07) is 6.05. The van der Waals surface area contributed by atoms with Crippen LogP contribution in [-0.4, -0.2) is 34.8 Å². The summed E-state index contributed by atoms with van der Waals surface area (Å²) in [5.41, 5.74) is 6.74. The lowest BCUT2D eigenvalue weighted by Crippen LogP contribution is -2.36. The summed E-state index contributed by atoms with van der Waals surface area (Å²) in [6.45, 7) is 2.72. The summed E-state index contributed by atoms with van der Waals surface area (Å²) in [5.74, 6) is 2.20. The molecule has 0 saturated carbocycles. The highest BCUT2D eigenvalue weighted by Crippen LogP contribution is 2.27. The zero-order valence-electron chi connectivity index (χ0n) is 11.5. The Kier molecular flexibility index (Phi) is 4.61. The van der Waals surface area contributed by atoms with Gasteiger partial charge in [-0.2, -0.15) is 4.98 Å². The lowest BCUT2D eigenvalue weighted by atomic mass is 9.97. The molecule has 0 radical (unpaired) electrons. The second-order valence-corrected chi connectivity index (χ2v) is 7.14. The molecule has 3 N–H and O–H groups in total. The summed E-state index contributed by atoms with van der Waals surface area (Å²) in [7, 11) is 0. The minimum Gasteiger partial charge on any atom is -0.340 e. The standard InChI is InChI=1S/C14H17Br2N5/c15-11-5-10(6-12(16)7-11)13-18-14(20-19-13)21-3-1-9(8-17)2-4-21/h5-7,9H,1-4,8,17H2,(H,18,19,20). The van der Waals surface area contributed by atoms with E-state index in [1.807, 2.05) is 18.2 Å². The molecule has 0 unspecified atom stereocenters. The van der Waals surface area contributed by atoms with Gasteiger partial charge in [-0.3, -0.25) is 5.10 Å². The second kappa shape index (κ2) is 6.46. The Morgan fingerprint density at radius 1 is 1.19 bits per heavy atom. The zero-order valence-corrected chi connectivity index (χ0v) is 14.7. The van der Waals surface area contributed by atoms with E-state index >= 15 is 0 Å². The predicted octanol–water partition coefficient (Wildman–Crippen LogP) is 3.17. The molecule has 21 heavy (non-hydrogen) atoms. The maximum Gasteiger partial charge on any atom is 0.245 e. The van der Waals surface area contributed by atoms with Gasteiger partial charge in [-0.25, -0.2) is 0 Å². The van der Waals surface area contributed by atoms with Crippen molar-refractivity contribution in [3.63, 3.8) is 0 Å². The van der Waals surface area contributed by atoms with Crippen molar-refractivity contribution >= 4 is 37.8 Å². The molecule has 0 aliphatic carbocycles. The van der Waals surface area contributed by atoms with Gasteiger partial charge >= 0.3 is 0 Å². The van der Waals surface area contributed by atoms with Gasteiger partial charge < -0.3 is 10.6 Å². The third kappa shape index (κ3) is 3.46. The molecule has 0 spiro atoms. The number of nitrogens with one attached hydrogen (secondary N) is 1. The van der Waals surface area contributed by atoms with Crippen LogP contribution in [0.15, 0.2) is 27.1 Å². The number of rotatable bonds is 3. The van der Waals surface area contributed by atoms with Gasteiger partial charge in [-0.05, 0) is 43.5 Å².